The number of furan rings is 1. The highest BCUT2D eigenvalue weighted by Gasteiger charge is 2.25. The minimum atomic E-state index is -0.431. The number of thioether (sulfide) groups is 1. The number of aryl methyl sites for hydroxylation is 3. The predicted molar refractivity (Wildman–Crippen MR) is 122 cm³/mol. The van der Waals surface area contributed by atoms with Crippen molar-refractivity contribution in [2.24, 2.45) is 4.99 Å². The molecule has 1 N–H and O–H groups in total. The number of nitrogens with one attached hydrogen (secondary N) is 1. The molecule has 7 nitrogen and oxygen atoms in total. The molecule has 156 valence electrons. The van der Waals surface area contributed by atoms with Gasteiger partial charge in [-0.05, 0) is 67.9 Å². The number of nitrogens with zero attached hydrogens (tertiary/aromatic N) is 2. The molecule has 1 amide bonds. The van der Waals surface area contributed by atoms with Crippen LogP contribution in [0.5, 0.6) is 0 Å². The molecule has 1 aliphatic heterocycles. The first-order valence-corrected chi connectivity index (χ1v) is 10.3. The molecule has 0 radical (unpaired) electrons. The average Bonchev–Trinajstić information content (AvgIpc) is 3.31. The second-order valence-corrected chi connectivity index (χ2v) is 8.28. The Bertz CT molecular complexity index is 1270. The summed E-state index contributed by atoms with van der Waals surface area (Å²) in [6.07, 6.45) is 1.61. The summed E-state index contributed by atoms with van der Waals surface area (Å²) in [7, 11) is 0. The molecule has 3 aromatic rings. The normalized spacial score (nSPS) is 16.2. The highest BCUT2D eigenvalue weighted by Crippen LogP contribution is 2.34. The molecule has 1 saturated heterocycles. The van der Waals surface area contributed by atoms with Gasteiger partial charge in [-0.25, -0.2) is 4.99 Å². The summed E-state index contributed by atoms with van der Waals surface area (Å²) in [5.74, 6) is 0.522. The highest BCUT2D eigenvalue weighted by molar-refractivity contribution is 8.18. The number of aliphatic imine (C=N–C) groups is 1. The van der Waals surface area contributed by atoms with E-state index >= 15 is 0 Å². The number of nitro benzene ring substituents is 1. The lowest BCUT2D eigenvalue weighted by Gasteiger charge is -2.02. The van der Waals surface area contributed by atoms with Crippen LogP contribution in [0.2, 0.25) is 0 Å². The fourth-order valence-corrected chi connectivity index (χ4v) is 4.04. The van der Waals surface area contributed by atoms with Crippen LogP contribution in [0.3, 0.4) is 0 Å². The number of amidine groups is 1. The van der Waals surface area contributed by atoms with E-state index < -0.39 is 4.92 Å². The van der Waals surface area contributed by atoms with Crippen LogP contribution in [0.4, 0.5) is 11.4 Å². The van der Waals surface area contributed by atoms with Crippen molar-refractivity contribution in [3.8, 4) is 11.3 Å². The second-order valence-electron chi connectivity index (χ2n) is 7.25. The fourth-order valence-electron chi connectivity index (χ4n) is 3.23. The number of amides is 1. The van der Waals surface area contributed by atoms with Crippen LogP contribution in [0, 0.1) is 30.9 Å². The molecule has 0 unspecified atom stereocenters. The van der Waals surface area contributed by atoms with Gasteiger partial charge in [0.05, 0.1) is 21.1 Å². The summed E-state index contributed by atoms with van der Waals surface area (Å²) in [6.45, 7) is 5.78. The average molecular weight is 433 g/mol. The first-order chi connectivity index (χ1) is 14.8. The molecule has 0 atom stereocenters. The maximum atomic E-state index is 12.4. The van der Waals surface area contributed by atoms with Crippen LogP contribution in [0.15, 0.2) is 62.8 Å². The first kappa shape index (κ1) is 20.6. The van der Waals surface area contributed by atoms with E-state index in [4.69, 9.17) is 4.42 Å². The van der Waals surface area contributed by atoms with Gasteiger partial charge >= 0.3 is 0 Å². The summed E-state index contributed by atoms with van der Waals surface area (Å²) in [4.78, 5) is 28.3. The van der Waals surface area contributed by atoms with Gasteiger partial charge in [0.2, 0.25) is 0 Å². The summed E-state index contributed by atoms with van der Waals surface area (Å²) in [5.41, 5.74) is 4.12. The van der Waals surface area contributed by atoms with Crippen molar-refractivity contribution in [2.45, 2.75) is 20.8 Å². The summed E-state index contributed by atoms with van der Waals surface area (Å²) >= 11 is 1.22. The Balaban J connectivity index is 1.59. The van der Waals surface area contributed by atoms with Crippen molar-refractivity contribution in [3.63, 3.8) is 0 Å². The van der Waals surface area contributed by atoms with Gasteiger partial charge in [0.25, 0.3) is 11.6 Å². The van der Waals surface area contributed by atoms with E-state index in [1.54, 1.807) is 37.3 Å². The lowest BCUT2D eigenvalue weighted by atomic mass is 10.1. The monoisotopic (exact) mass is 433 g/mol. The quantitative estimate of drug-likeness (QED) is 0.325. The van der Waals surface area contributed by atoms with Crippen molar-refractivity contribution in [1.29, 1.82) is 0 Å². The van der Waals surface area contributed by atoms with Crippen molar-refractivity contribution >= 4 is 40.3 Å². The van der Waals surface area contributed by atoms with Gasteiger partial charge in [-0.2, -0.15) is 0 Å². The van der Waals surface area contributed by atoms with Crippen LogP contribution in [0.25, 0.3) is 17.4 Å². The molecule has 2 aromatic carbocycles. The molecule has 1 aromatic heterocycles. The highest BCUT2D eigenvalue weighted by atomic mass is 32.2. The number of hydrogen-bond acceptors (Lipinski definition) is 6. The molecule has 8 heteroatoms. The molecular formula is C23H19N3O4S. The molecule has 2 heterocycles. The Morgan fingerprint density at radius 1 is 1.06 bits per heavy atom. The van der Waals surface area contributed by atoms with Crippen LogP contribution < -0.4 is 5.32 Å². The molecule has 31 heavy (non-hydrogen) atoms. The lowest BCUT2D eigenvalue weighted by Crippen LogP contribution is -2.19. The number of carbonyl (C=O) groups excluding carboxylic acids is 1. The number of carbonyl (C=O) groups is 1. The topological polar surface area (TPSA) is 97.7 Å². The smallest absolute Gasteiger partial charge is 0.280 e. The Morgan fingerprint density at radius 2 is 1.81 bits per heavy atom. The maximum Gasteiger partial charge on any atom is 0.280 e. The minimum absolute atomic E-state index is 0.0237. The molecule has 0 spiro atoms. The SMILES string of the molecule is Cc1ccc(N=C2NC(=O)/C(=C\c3ccc(-c4ccc(C)cc4[N+](=O)[O-])o3)S2)c(C)c1. The van der Waals surface area contributed by atoms with Crippen LogP contribution in [-0.2, 0) is 4.79 Å². The van der Waals surface area contributed by atoms with Crippen LogP contribution in [0.1, 0.15) is 22.5 Å². The van der Waals surface area contributed by atoms with Gasteiger partial charge in [0.1, 0.15) is 11.5 Å². The third-order valence-corrected chi connectivity index (χ3v) is 5.65. The Hall–Kier alpha value is -3.65. The zero-order valence-electron chi connectivity index (χ0n) is 17.1. The molecular weight excluding hydrogens is 414 g/mol. The fraction of sp³-hybridized carbons (Fsp3) is 0.130. The summed E-state index contributed by atoms with van der Waals surface area (Å²) < 4.78 is 5.78. The second kappa shape index (κ2) is 8.23. The van der Waals surface area contributed by atoms with Gasteiger partial charge in [-0.15, -0.1) is 0 Å². The lowest BCUT2D eigenvalue weighted by molar-refractivity contribution is -0.384. The van der Waals surface area contributed by atoms with E-state index in [9.17, 15) is 14.9 Å². The van der Waals surface area contributed by atoms with Crippen LogP contribution >= 0.6 is 11.8 Å². The van der Waals surface area contributed by atoms with Gasteiger partial charge in [0.15, 0.2) is 5.17 Å². The van der Waals surface area contributed by atoms with Crippen molar-refractivity contribution in [3.05, 3.63) is 86.0 Å². The Labute approximate surface area is 183 Å². The number of benzene rings is 2. The minimum Gasteiger partial charge on any atom is -0.456 e. The van der Waals surface area contributed by atoms with Gasteiger partial charge in [-0.1, -0.05) is 23.8 Å². The van der Waals surface area contributed by atoms with Gasteiger partial charge in [-0.3, -0.25) is 14.9 Å². The van der Waals surface area contributed by atoms with E-state index in [-0.39, 0.29) is 11.6 Å². The van der Waals surface area contributed by atoms with Gasteiger partial charge < -0.3 is 9.73 Å². The van der Waals surface area contributed by atoms with Crippen molar-refractivity contribution in [2.75, 3.05) is 0 Å². The molecule has 4 rings (SSSR count). The van der Waals surface area contributed by atoms with E-state index in [0.29, 0.717) is 27.2 Å². The summed E-state index contributed by atoms with van der Waals surface area (Å²) in [6, 6.07) is 14.2. The summed E-state index contributed by atoms with van der Waals surface area (Å²) in [5, 5.41) is 14.6. The Morgan fingerprint density at radius 3 is 2.55 bits per heavy atom. The molecule has 0 saturated carbocycles. The third-order valence-electron chi connectivity index (χ3n) is 4.74. The molecule has 0 bridgehead atoms. The van der Waals surface area contributed by atoms with Crippen molar-refractivity contribution < 1.29 is 14.1 Å². The Kier molecular flexibility index (Phi) is 5.48. The van der Waals surface area contributed by atoms with E-state index in [1.807, 2.05) is 32.0 Å². The van der Waals surface area contributed by atoms with Crippen molar-refractivity contribution in [1.82, 2.24) is 5.32 Å². The zero-order valence-corrected chi connectivity index (χ0v) is 17.9. The predicted octanol–water partition coefficient (Wildman–Crippen LogP) is 5.67. The third kappa shape index (κ3) is 4.44. The van der Waals surface area contributed by atoms with Crippen LogP contribution in [-0.4, -0.2) is 16.0 Å². The van der Waals surface area contributed by atoms with Gasteiger partial charge in [0, 0.05) is 12.1 Å². The number of hydrogen-bond donors (Lipinski definition) is 1. The largest absolute Gasteiger partial charge is 0.456 e. The number of rotatable bonds is 4. The maximum absolute atomic E-state index is 12.4. The van der Waals surface area contributed by atoms with E-state index in [2.05, 4.69) is 10.3 Å². The molecule has 1 aliphatic rings. The first-order valence-electron chi connectivity index (χ1n) is 9.52. The molecule has 1 fully saturated rings. The standard InChI is InChI=1S/C23H19N3O4S/c1-13-5-8-18(15(3)10-13)24-23-25-22(27)21(31-23)12-16-6-9-20(30-16)17-7-4-14(2)11-19(17)26(28)29/h4-12H,1-3H3,(H,24,25,27)/b21-12+. The van der Waals surface area contributed by atoms with E-state index in [1.165, 1.54) is 17.8 Å². The number of nitro groups is 1. The van der Waals surface area contributed by atoms with E-state index in [0.717, 1.165) is 22.4 Å². The zero-order chi connectivity index (χ0) is 22.1. The molecule has 0 aliphatic carbocycles.